The summed E-state index contributed by atoms with van der Waals surface area (Å²) in [6.45, 7) is 14.9. The SMILES string of the molecule is CCCCC/C=C/C/C=C/C/C=C/C/C=C/CCCC(=O)OC1CC[C@@]2(C)C(=CC[C@H]3[C@@H]4CC[C@H]([C@H](C)CCCC(C)C)[C@@]4(C)CC[C@@H]32)C1. The maximum Gasteiger partial charge on any atom is 0.306 e. The zero-order valence-electron chi connectivity index (χ0n) is 32.9. The fourth-order valence-electron chi connectivity index (χ4n) is 10.9. The summed E-state index contributed by atoms with van der Waals surface area (Å²) >= 11 is 0. The summed E-state index contributed by atoms with van der Waals surface area (Å²) in [5.74, 6) is 5.21. The molecule has 0 spiro atoms. The van der Waals surface area contributed by atoms with Gasteiger partial charge < -0.3 is 4.74 Å². The van der Waals surface area contributed by atoms with Crippen LogP contribution in [0.25, 0.3) is 0 Å². The summed E-state index contributed by atoms with van der Waals surface area (Å²) in [6, 6.07) is 0. The summed E-state index contributed by atoms with van der Waals surface area (Å²) in [4.78, 5) is 12.8. The Morgan fingerprint density at radius 2 is 1.47 bits per heavy atom. The van der Waals surface area contributed by atoms with E-state index in [-0.39, 0.29) is 12.1 Å². The van der Waals surface area contributed by atoms with E-state index in [0.29, 0.717) is 17.3 Å². The lowest BCUT2D eigenvalue weighted by Gasteiger charge is -2.58. The Hall–Kier alpha value is -1.83. The molecule has 0 bridgehead atoms. The highest BCUT2D eigenvalue weighted by Crippen LogP contribution is 2.67. The van der Waals surface area contributed by atoms with Crippen molar-refractivity contribution in [3.8, 4) is 0 Å². The first-order chi connectivity index (χ1) is 23.7. The molecular weight excluding hydrogens is 597 g/mol. The van der Waals surface area contributed by atoms with Crippen molar-refractivity contribution in [2.75, 3.05) is 0 Å². The van der Waals surface area contributed by atoms with Crippen molar-refractivity contribution in [3.63, 3.8) is 0 Å². The van der Waals surface area contributed by atoms with Crippen LogP contribution in [0.2, 0.25) is 0 Å². The fraction of sp³-hybridized carbons (Fsp3) is 0.766. The van der Waals surface area contributed by atoms with Crippen LogP contribution in [0.4, 0.5) is 0 Å². The lowest BCUT2D eigenvalue weighted by atomic mass is 9.47. The van der Waals surface area contributed by atoms with E-state index < -0.39 is 0 Å². The van der Waals surface area contributed by atoms with Crippen molar-refractivity contribution in [3.05, 3.63) is 60.3 Å². The Balaban J connectivity index is 1.13. The van der Waals surface area contributed by atoms with Gasteiger partial charge in [0, 0.05) is 12.8 Å². The fourth-order valence-corrected chi connectivity index (χ4v) is 10.9. The van der Waals surface area contributed by atoms with E-state index in [1.165, 1.54) is 83.5 Å². The van der Waals surface area contributed by atoms with Gasteiger partial charge in [-0.25, -0.2) is 0 Å². The van der Waals surface area contributed by atoms with Crippen LogP contribution in [0.1, 0.15) is 176 Å². The average molecular weight is 673 g/mol. The molecular formula is C47H76O2. The third kappa shape index (κ3) is 11.3. The van der Waals surface area contributed by atoms with E-state index in [9.17, 15) is 4.79 Å². The molecule has 3 fully saturated rings. The third-order valence-electron chi connectivity index (χ3n) is 13.8. The van der Waals surface area contributed by atoms with Crippen LogP contribution < -0.4 is 0 Å². The van der Waals surface area contributed by atoms with Crippen LogP contribution in [-0.4, -0.2) is 12.1 Å². The summed E-state index contributed by atoms with van der Waals surface area (Å²) < 4.78 is 6.10. The second-order valence-corrected chi connectivity index (χ2v) is 17.6. The van der Waals surface area contributed by atoms with Crippen LogP contribution in [0, 0.1) is 46.3 Å². The summed E-state index contributed by atoms with van der Waals surface area (Å²) in [7, 11) is 0. The summed E-state index contributed by atoms with van der Waals surface area (Å²) in [5, 5.41) is 0. The van der Waals surface area contributed by atoms with E-state index in [1.807, 2.05) is 0 Å². The number of allylic oxidation sites excluding steroid dienone is 9. The van der Waals surface area contributed by atoms with Crippen LogP contribution >= 0.6 is 0 Å². The normalized spacial score (nSPS) is 32.2. The van der Waals surface area contributed by atoms with Crippen LogP contribution in [0.3, 0.4) is 0 Å². The highest BCUT2D eigenvalue weighted by molar-refractivity contribution is 5.69. The minimum atomic E-state index is 0.00622. The molecule has 276 valence electrons. The summed E-state index contributed by atoms with van der Waals surface area (Å²) in [5.41, 5.74) is 2.48. The average Bonchev–Trinajstić information content (AvgIpc) is 3.43. The van der Waals surface area contributed by atoms with Crippen molar-refractivity contribution < 1.29 is 9.53 Å². The monoisotopic (exact) mass is 673 g/mol. The number of carbonyl (C=O) groups excluding carboxylic acids is 1. The van der Waals surface area contributed by atoms with Crippen molar-refractivity contribution in [2.45, 2.75) is 182 Å². The highest BCUT2D eigenvalue weighted by Gasteiger charge is 2.59. The molecule has 2 heteroatoms. The zero-order valence-corrected chi connectivity index (χ0v) is 32.9. The van der Waals surface area contributed by atoms with Gasteiger partial charge in [0.1, 0.15) is 6.10 Å². The summed E-state index contributed by atoms with van der Waals surface area (Å²) in [6.07, 6.45) is 45.7. The molecule has 1 unspecified atom stereocenters. The smallest absolute Gasteiger partial charge is 0.306 e. The van der Waals surface area contributed by atoms with Crippen LogP contribution in [0.5, 0.6) is 0 Å². The Bertz CT molecular complexity index is 1140. The molecule has 0 aromatic carbocycles. The molecule has 0 aromatic rings. The lowest BCUT2D eigenvalue weighted by Crippen LogP contribution is -2.51. The first-order valence-corrected chi connectivity index (χ1v) is 21.2. The van der Waals surface area contributed by atoms with Crippen LogP contribution in [0.15, 0.2) is 60.3 Å². The minimum Gasteiger partial charge on any atom is -0.462 e. The third-order valence-corrected chi connectivity index (χ3v) is 13.8. The second kappa shape index (κ2) is 20.3. The van der Waals surface area contributed by atoms with Crippen molar-refractivity contribution in [1.29, 1.82) is 0 Å². The molecule has 0 saturated heterocycles. The first-order valence-electron chi connectivity index (χ1n) is 21.2. The van der Waals surface area contributed by atoms with Gasteiger partial charge in [-0.3, -0.25) is 4.79 Å². The minimum absolute atomic E-state index is 0.00622. The van der Waals surface area contributed by atoms with E-state index >= 15 is 0 Å². The quantitative estimate of drug-likeness (QED) is 0.0731. The molecule has 4 aliphatic carbocycles. The van der Waals surface area contributed by atoms with Gasteiger partial charge in [-0.15, -0.1) is 0 Å². The van der Waals surface area contributed by atoms with Gasteiger partial charge in [-0.05, 0) is 136 Å². The number of hydrogen-bond acceptors (Lipinski definition) is 2. The molecule has 4 rings (SSSR count). The number of hydrogen-bond donors (Lipinski definition) is 0. The largest absolute Gasteiger partial charge is 0.462 e. The Morgan fingerprint density at radius 1 is 0.796 bits per heavy atom. The van der Waals surface area contributed by atoms with Gasteiger partial charge in [0.2, 0.25) is 0 Å². The molecule has 3 saturated carbocycles. The molecule has 0 aromatic heterocycles. The maximum absolute atomic E-state index is 12.8. The molecule has 0 N–H and O–H groups in total. The first kappa shape index (κ1) is 39.9. The molecule has 8 atom stereocenters. The Labute approximate surface area is 303 Å². The standard InChI is InChI=1S/C47H76O2/c1-7-8-9-10-11-12-13-14-15-16-17-18-19-20-21-22-23-27-45(48)49-40-32-34-46(5)39(36-40)28-29-41-43-31-30-42(38(4)26-24-25-37(2)3)47(43,6)35-33-44(41)46/h11-12,14-15,17-18,20-21,28,37-38,40-44H,7-10,13,16,19,22-27,29-36H2,1-6H3/b12-11+,15-14+,18-17+,21-20+/t38-,40?,41+,42-,43+,44+,46+,47-/m1/s1. The predicted octanol–water partition coefficient (Wildman–Crippen LogP) is 14.1. The molecule has 0 aliphatic heterocycles. The zero-order chi connectivity index (χ0) is 35.1. The van der Waals surface area contributed by atoms with Crippen LogP contribution in [-0.2, 0) is 9.53 Å². The highest BCUT2D eigenvalue weighted by atomic mass is 16.5. The topological polar surface area (TPSA) is 26.3 Å². The molecule has 4 aliphatic rings. The molecule has 2 nitrogen and oxygen atoms in total. The number of unbranched alkanes of at least 4 members (excludes halogenated alkanes) is 4. The maximum atomic E-state index is 12.8. The van der Waals surface area contributed by atoms with Crippen molar-refractivity contribution in [2.24, 2.45) is 46.3 Å². The Kier molecular flexibility index (Phi) is 16.5. The van der Waals surface area contributed by atoms with E-state index in [0.717, 1.165) is 80.5 Å². The van der Waals surface area contributed by atoms with E-state index in [4.69, 9.17) is 4.74 Å². The predicted molar refractivity (Wildman–Crippen MR) is 211 cm³/mol. The van der Waals surface area contributed by atoms with E-state index in [1.54, 1.807) is 5.57 Å². The van der Waals surface area contributed by atoms with Crippen molar-refractivity contribution in [1.82, 2.24) is 0 Å². The molecule has 0 radical (unpaired) electrons. The number of fused-ring (bicyclic) bond motifs is 5. The Morgan fingerprint density at radius 3 is 2.14 bits per heavy atom. The molecule has 0 amide bonds. The van der Waals surface area contributed by atoms with Gasteiger partial charge in [-0.2, -0.15) is 0 Å². The number of rotatable bonds is 20. The van der Waals surface area contributed by atoms with Gasteiger partial charge >= 0.3 is 5.97 Å². The number of esters is 1. The number of ether oxygens (including phenoxy) is 1. The molecule has 0 heterocycles. The van der Waals surface area contributed by atoms with Crippen molar-refractivity contribution >= 4 is 5.97 Å². The van der Waals surface area contributed by atoms with Gasteiger partial charge in [-0.1, -0.05) is 134 Å². The van der Waals surface area contributed by atoms with Gasteiger partial charge in [0.05, 0.1) is 0 Å². The van der Waals surface area contributed by atoms with Gasteiger partial charge in [0.25, 0.3) is 0 Å². The van der Waals surface area contributed by atoms with Gasteiger partial charge in [0.15, 0.2) is 0 Å². The number of carbonyl (C=O) groups is 1. The molecule has 49 heavy (non-hydrogen) atoms. The second-order valence-electron chi connectivity index (χ2n) is 17.6. The lowest BCUT2D eigenvalue weighted by molar-refractivity contribution is -0.151. The van der Waals surface area contributed by atoms with E-state index in [2.05, 4.69) is 96.2 Å².